The van der Waals surface area contributed by atoms with Gasteiger partial charge in [0.05, 0.1) is 4.92 Å². The predicted octanol–water partition coefficient (Wildman–Crippen LogP) is 3.82. The Kier molecular flexibility index (Phi) is 9.43. The molecule has 0 spiro atoms. The predicted molar refractivity (Wildman–Crippen MR) is 114 cm³/mol. The van der Waals surface area contributed by atoms with Crippen LogP contribution >= 0.6 is 35.3 Å². The van der Waals surface area contributed by atoms with Gasteiger partial charge < -0.3 is 10.6 Å². The zero-order chi connectivity index (χ0) is 17.4. The Morgan fingerprint density at radius 3 is 2.56 bits per heavy atom. The number of nitro groups is 1. The lowest BCUT2D eigenvalue weighted by Crippen LogP contribution is -2.39. The highest BCUT2D eigenvalue weighted by atomic mass is 127. The van der Waals surface area contributed by atoms with Crippen molar-refractivity contribution >= 4 is 47.0 Å². The fourth-order valence-corrected chi connectivity index (χ4v) is 3.13. The molecule has 6 nitrogen and oxygen atoms in total. The Bertz CT molecular complexity index is 674. The number of hydrogen-bond acceptors (Lipinski definition) is 4. The van der Waals surface area contributed by atoms with Crippen LogP contribution in [0.4, 0.5) is 5.69 Å². The third kappa shape index (κ3) is 7.39. The fourth-order valence-electron chi connectivity index (χ4n) is 2.26. The van der Waals surface area contributed by atoms with Crippen LogP contribution in [0.15, 0.2) is 46.8 Å². The third-order valence-corrected chi connectivity index (χ3v) is 4.48. The number of thiophene rings is 1. The summed E-state index contributed by atoms with van der Waals surface area (Å²) in [4.78, 5) is 15.8. The van der Waals surface area contributed by atoms with Gasteiger partial charge in [0, 0.05) is 37.1 Å². The van der Waals surface area contributed by atoms with E-state index in [9.17, 15) is 10.1 Å². The normalized spacial score (nSPS) is 12.2. The van der Waals surface area contributed by atoms with Gasteiger partial charge >= 0.3 is 0 Å². The van der Waals surface area contributed by atoms with Crippen molar-refractivity contribution in [3.05, 3.63) is 62.3 Å². The van der Waals surface area contributed by atoms with Crippen LogP contribution in [0.2, 0.25) is 0 Å². The number of nitro benzene ring substituents is 1. The van der Waals surface area contributed by atoms with E-state index in [1.165, 1.54) is 17.0 Å². The molecule has 0 fully saturated rings. The summed E-state index contributed by atoms with van der Waals surface area (Å²) in [6, 6.07) is 10.7. The summed E-state index contributed by atoms with van der Waals surface area (Å²) in [6.45, 7) is 3.60. The number of nitrogens with one attached hydrogen (secondary N) is 2. The molecule has 2 rings (SSSR count). The van der Waals surface area contributed by atoms with Crippen LogP contribution in [0.3, 0.4) is 0 Å². The van der Waals surface area contributed by atoms with E-state index in [0.717, 1.165) is 24.5 Å². The SMILES string of the molecule is CN=C(NCc1ccc([N+](=O)[O-])cc1)NCC(C)Cc1cccs1.I. The molecule has 0 saturated carbocycles. The standard InChI is InChI=1S/C17H22N4O2S.HI/c1-13(10-16-4-3-9-24-16)11-19-17(18-2)20-12-14-5-7-15(8-6-14)21(22)23;/h3-9,13H,10-12H2,1-2H3,(H2,18,19,20);1H. The van der Waals surface area contributed by atoms with E-state index in [4.69, 9.17) is 0 Å². The first-order chi connectivity index (χ1) is 11.6. The Balaban J connectivity index is 0.00000312. The van der Waals surface area contributed by atoms with Gasteiger partial charge in [-0.3, -0.25) is 15.1 Å². The molecule has 1 atom stereocenters. The minimum atomic E-state index is -0.396. The lowest BCUT2D eigenvalue weighted by Gasteiger charge is -2.15. The van der Waals surface area contributed by atoms with Crippen molar-refractivity contribution in [1.29, 1.82) is 0 Å². The van der Waals surface area contributed by atoms with E-state index >= 15 is 0 Å². The Morgan fingerprint density at radius 2 is 2.00 bits per heavy atom. The van der Waals surface area contributed by atoms with E-state index in [2.05, 4.69) is 40.1 Å². The monoisotopic (exact) mass is 474 g/mol. The second-order valence-electron chi connectivity index (χ2n) is 5.62. The fraction of sp³-hybridized carbons (Fsp3) is 0.353. The molecule has 2 aromatic rings. The molecule has 1 aromatic carbocycles. The molecule has 2 N–H and O–H groups in total. The van der Waals surface area contributed by atoms with E-state index in [-0.39, 0.29) is 29.7 Å². The topological polar surface area (TPSA) is 79.6 Å². The number of aliphatic imine (C=N–C) groups is 1. The van der Waals surface area contributed by atoms with Crippen molar-refractivity contribution < 1.29 is 4.92 Å². The van der Waals surface area contributed by atoms with E-state index in [1.807, 2.05) is 0 Å². The number of guanidine groups is 1. The van der Waals surface area contributed by atoms with Gasteiger partial charge in [-0.2, -0.15) is 0 Å². The molecule has 1 unspecified atom stereocenters. The highest BCUT2D eigenvalue weighted by molar-refractivity contribution is 14.0. The summed E-state index contributed by atoms with van der Waals surface area (Å²) >= 11 is 1.78. The van der Waals surface area contributed by atoms with Crippen molar-refractivity contribution in [1.82, 2.24) is 10.6 Å². The summed E-state index contributed by atoms with van der Waals surface area (Å²) in [5, 5.41) is 19.3. The number of halogens is 1. The highest BCUT2D eigenvalue weighted by Crippen LogP contribution is 2.14. The largest absolute Gasteiger partial charge is 0.356 e. The Morgan fingerprint density at radius 1 is 1.28 bits per heavy atom. The first-order valence-corrected chi connectivity index (χ1v) is 8.66. The van der Waals surface area contributed by atoms with Gasteiger partial charge in [-0.15, -0.1) is 35.3 Å². The molecule has 0 aliphatic heterocycles. The van der Waals surface area contributed by atoms with Gasteiger partial charge in [0.1, 0.15) is 0 Å². The summed E-state index contributed by atoms with van der Waals surface area (Å²) < 4.78 is 0. The molecular formula is C17H23IN4O2S. The molecule has 0 bridgehead atoms. The van der Waals surface area contributed by atoms with Gasteiger partial charge in [0.15, 0.2) is 5.96 Å². The second-order valence-corrected chi connectivity index (χ2v) is 6.65. The number of nitrogens with zero attached hydrogens (tertiary/aromatic N) is 2. The molecule has 0 amide bonds. The lowest BCUT2D eigenvalue weighted by molar-refractivity contribution is -0.384. The van der Waals surface area contributed by atoms with Crippen LogP contribution in [0.5, 0.6) is 0 Å². The van der Waals surface area contributed by atoms with E-state index in [1.54, 1.807) is 30.5 Å². The average molecular weight is 474 g/mol. The third-order valence-electron chi connectivity index (χ3n) is 3.58. The van der Waals surface area contributed by atoms with Crippen LogP contribution in [0.25, 0.3) is 0 Å². The quantitative estimate of drug-likeness (QED) is 0.210. The van der Waals surface area contributed by atoms with Crippen LogP contribution in [-0.2, 0) is 13.0 Å². The van der Waals surface area contributed by atoms with Gasteiger partial charge in [0.2, 0.25) is 0 Å². The Labute approximate surface area is 168 Å². The molecule has 0 saturated heterocycles. The van der Waals surface area contributed by atoms with Gasteiger partial charge in [-0.1, -0.05) is 25.1 Å². The molecule has 0 aliphatic rings. The molecular weight excluding hydrogens is 451 g/mol. The van der Waals surface area contributed by atoms with Crippen molar-refractivity contribution in [3.8, 4) is 0 Å². The van der Waals surface area contributed by atoms with Crippen molar-refractivity contribution in [2.45, 2.75) is 19.9 Å². The highest BCUT2D eigenvalue weighted by Gasteiger charge is 2.07. The zero-order valence-electron chi connectivity index (χ0n) is 14.3. The summed E-state index contributed by atoms with van der Waals surface area (Å²) in [6.07, 6.45) is 1.05. The van der Waals surface area contributed by atoms with Crippen molar-refractivity contribution in [2.24, 2.45) is 10.9 Å². The Hall–Kier alpha value is -1.68. The first kappa shape index (κ1) is 21.4. The maximum absolute atomic E-state index is 10.6. The van der Waals surface area contributed by atoms with Crippen LogP contribution in [0.1, 0.15) is 17.4 Å². The molecule has 136 valence electrons. The van der Waals surface area contributed by atoms with Gasteiger partial charge in [-0.25, -0.2) is 0 Å². The van der Waals surface area contributed by atoms with E-state index < -0.39 is 4.92 Å². The van der Waals surface area contributed by atoms with Crippen LogP contribution in [0, 0.1) is 16.0 Å². The first-order valence-electron chi connectivity index (χ1n) is 7.78. The number of non-ortho nitro benzene ring substituents is 1. The summed E-state index contributed by atoms with van der Waals surface area (Å²) in [5.74, 6) is 1.23. The van der Waals surface area contributed by atoms with Gasteiger partial charge in [-0.05, 0) is 29.3 Å². The van der Waals surface area contributed by atoms with Crippen molar-refractivity contribution in [3.63, 3.8) is 0 Å². The lowest BCUT2D eigenvalue weighted by atomic mass is 10.1. The van der Waals surface area contributed by atoms with Crippen LogP contribution < -0.4 is 10.6 Å². The minimum Gasteiger partial charge on any atom is -0.356 e. The number of rotatable bonds is 7. The molecule has 0 aliphatic carbocycles. The molecule has 25 heavy (non-hydrogen) atoms. The average Bonchev–Trinajstić information content (AvgIpc) is 3.08. The zero-order valence-corrected chi connectivity index (χ0v) is 17.4. The van der Waals surface area contributed by atoms with Crippen molar-refractivity contribution in [2.75, 3.05) is 13.6 Å². The van der Waals surface area contributed by atoms with Gasteiger partial charge in [0.25, 0.3) is 5.69 Å². The molecule has 1 heterocycles. The summed E-state index contributed by atoms with van der Waals surface area (Å²) in [7, 11) is 1.73. The molecule has 8 heteroatoms. The number of hydrogen-bond donors (Lipinski definition) is 2. The minimum absolute atomic E-state index is 0. The summed E-state index contributed by atoms with van der Waals surface area (Å²) in [5.41, 5.74) is 1.07. The van der Waals surface area contributed by atoms with E-state index in [0.29, 0.717) is 12.5 Å². The maximum atomic E-state index is 10.6. The molecule has 0 radical (unpaired) electrons. The van der Waals surface area contributed by atoms with Crippen LogP contribution in [-0.4, -0.2) is 24.5 Å². The second kappa shape index (κ2) is 11.0. The smallest absolute Gasteiger partial charge is 0.269 e. The molecule has 1 aromatic heterocycles. The number of benzene rings is 1. The maximum Gasteiger partial charge on any atom is 0.269 e.